The third-order valence-corrected chi connectivity index (χ3v) is 2.65. The molecule has 88 valence electrons. The molecule has 0 spiro atoms. The molecule has 0 heterocycles. The monoisotopic (exact) mass is 239 g/mol. The fraction of sp³-hybridized carbons (Fsp3) is 0.417. The molecule has 1 aromatic rings. The van der Waals surface area contributed by atoms with Gasteiger partial charge in [0.15, 0.2) is 0 Å². The maximum Gasteiger partial charge on any atom is 0.229 e. The molecule has 1 aromatic carbocycles. The second-order valence-electron chi connectivity index (χ2n) is 3.43. The maximum absolute atomic E-state index is 11.1. The highest BCUT2D eigenvalue weighted by Crippen LogP contribution is 2.20. The molecule has 0 fully saturated rings. The Morgan fingerprint density at radius 2 is 2.25 bits per heavy atom. The molecule has 1 N–H and O–H groups in total. The molecule has 0 bridgehead atoms. The number of methoxy groups -OCH3 is 1. The summed E-state index contributed by atoms with van der Waals surface area (Å²) in [6.07, 6.45) is 0.914. The first-order valence-corrected chi connectivity index (χ1v) is 5.87. The molecule has 0 aliphatic rings. The summed E-state index contributed by atoms with van der Waals surface area (Å²) in [5.41, 5.74) is 2.23. The SMILES string of the molecule is CCc1cc(CNC(=O)CS)ccc1OC. The second kappa shape index (κ2) is 6.43. The lowest BCUT2D eigenvalue weighted by atomic mass is 10.1. The molecule has 0 radical (unpaired) electrons. The summed E-state index contributed by atoms with van der Waals surface area (Å²) in [5, 5.41) is 2.78. The van der Waals surface area contributed by atoms with Gasteiger partial charge in [-0.2, -0.15) is 12.6 Å². The first-order valence-electron chi connectivity index (χ1n) is 5.24. The van der Waals surface area contributed by atoms with Gasteiger partial charge in [0, 0.05) is 6.54 Å². The lowest BCUT2D eigenvalue weighted by Crippen LogP contribution is -2.23. The molecule has 3 nitrogen and oxygen atoms in total. The average Bonchev–Trinajstić information content (AvgIpc) is 2.35. The quantitative estimate of drug-likeness (QED) is 0.769. The Labute approximate surface area is 102 Å². The smallest absolute Gasteiger partial charge is 0.229 e. The van der Waals surface area contributed by atoms with Crippen molar-refractivity contribution in [3.05, 3.63) is 29.3 Å². The van der Waals surface area contributed by atoms with E-state index in [1.165, 1.54) is 0 Å². The number of nitrogens with one attached hydrogen (secondary N) is 1. The average molecular weight is 239 g/mol. The van der Waals surface area contributed by atoms with Crippen molar-refractivity contribution in [2.75, 3.05) is 12.9 Å². The standard InChI is InChI=1S/C12H17NO2S/c1-3-10-6-9(4-5-11(10)15-2)7-13-12(14)8-16/h4-6,16H,3,7-8H2,1-2H3,(H,13,14). The molecule has 0 aliphatic carbocycles. The number of thiol groups is 1. The third-order valence-electron chi connectivity index (χ3n) is 2.36. The molecule has 0 atom stereocenters. The van der Waals surface area contributed by atoms with E-state index in [2.05, 4.69) is 30.9 Å². The van der Waals surface area contributed by atoms with Crippen molar-refractivity contribution in [1.29, 1.82) is 0 Å². The maximum atomic E-state index is 11.1. The van der Waals surface area contributed by atoms with Crippen LogP contribution in [-0.4, -0.2) is 18.8 Å². The number of carbonyl (C=O) groups excluding carboxylic acids is 1. The molecular formula is C12H17NO2S. The van der Waals surface area contributed by atoms with E-state index in [-0.39, 0.29) is 11.7 Å². The molecular weight excluding hydrogens is 222 g/mol. The molecule has 1 amide bonds. The highest BCUT2D eigenvalue weighted by molar-refractivity contribution is 7.81. The van der Waals surface area contributed by atoms with Gasteiger partial charge in [-0.3, -0.25) is 4.79 Å². The Morgan fingerprint density at radius 1 is 1.50 bits per heavy atom. The summed E-state index contributed by atoms with van der Waals surface area (Å²) >= 11 is 3.90. The summed E-state index contributed by atoms with van der Waals surface area (Å²) in [6.45, 7) is 2.62. The van der Waals surface area contributed by atoms with Crippen LogP contribution in [0.1, 0.15) is 18.1 Å². The van der Waals surface area contributed by atoms with Crippen LogP contribution >= 0.6 is 12.6 Å². The van der Waals surface area contributed by atoms with E-state index in [0.29, 0.717) is 6.54 Å². The third kappa shape index (κ3) is 3.45. The second-order valence-corrected chi connectivity index (χ2v) is 3.75. The summed E-state index contributed by atoms with van der Waals surface area (Å²) in [4.78, 5) is 11.1. The van der Waals surface area contributed by atoms with Crippen LogP contribution in [0.5, 0.6) is 5.75 Å². The Kier molecular flexibility index (Phi) is 5.19. The summed E-state index contributed by atoms with van der Waals surface area (Å²) in [7, 11) is 1.66. The van der Waals surface area contributed by atoms with Crippen molar-refractivity contribution < 1.29 is 9.53 Å². The normalized spacial score (nSPS) is 9.94. The van der Waals surface area contributed by atoms with Gasteiger partial charge in [-0.05, 0) is 23.6 Å². The van der Waals surface area contributed by atoms with Crippen LogP contribution in [0.2, 0.25) is 0 Å². The van der Waals surface area contributed by atoms with Gasteiger partial charge >= 0.3 is 0 Å². The van der Waals surface area contributed by atoms with Gasteiger partial charge in [-0.1, -0.05) is 19.1 Å². The molecule has 16 heavy (non-hydrogen) atoms. The van der Waals surface area contributed by atoms with Crippen LogP contribution < -0.4 is 10.1 Å². The highest BCUT2D eigenvalue weighted by Gasteiger charge is 2.03. The molecule has 0 saturated heterocycles. The van der Waals surface area contributed by atoms with Crippen LogP contribution in [0.25, 0.3) is 0 Å². The van der Waals surface area contributed by atoms with Crippen molar-refractivity contribution in [1.82, 2.24) is 5.32 Å². The van der Waals surface area contributed by atoms with Gasteiger partial charge in [0.25, 0.3) is 0 Å². The summed E-state index contributed by atoms with van der Waals surface area (Å²) < 4.78 is 5.24. The van der Waals surface area contributed by atoms with Crippen LogP contribution in [0.3, 0.4) is 0 Å². The Morgan fingerprint density at radius 3 is 2.81 bits per heavy atom. The van der Waals surface area contributed by atoms with Gasteiger partial charge in [-0.15, -0.1) is 0 Å². The zero-order chi connectivity index (χ0) is 12.0. The molecule has 1 rings (SSSR count). The molecule has 0 unspecified atom stereocenters. The van der Waals surface area contributed by atoms with E-state index in [9.17, 15) is 4.79 Å². The number of rotatable bonds is 5. The van der Waals surface area contributed by atoms with Gasteiger partial charge in [0.2, 0.25) is 5.91 Å². The van der Waals surface area contributed by atoms with Crippen LogP contribution in [-0.2, 0) is 17.8 Å². The fourth-order valence-electron chi connectivity index (χ4n) is 1.47. The number of carbonyl (C=O) groups is 1. The van der Waals surface area contributed by atoms with E-state index in [4.69, 9.17) is 4.74 Å². The van der Waals surface area contributed by atoms with Crippen molar-refractivity contribution in [2.45, 2.75) is 19.9 Å². The van der Waals surface area contributed by atoms with Crippen molar-refractivity contribution in [2.24, 2.45) is 0 Å². The van der Waals surface area contributed by atoms with E-state index in [0.717, 1.165) is 23.3 Å². The van der Waals surface area contributed by atoms with Crippen molar-refractivity contribution >= 4 is 18.5 Å². The predicted molar refractivity (Wildman–Crippen MR) is 68.1 cm³/mol. The van der Waals surface area contributed by atoms with Crippen LogP contribution in [0.15, 0.2) is 18.2 Å². The van der Waals surface area contributed by atoms with Gasteiger partial charge in [-0.25, -0.2) is 0 Å². The van der Waals surface area contributed by atoms with Gasteiger partial charge in [0.05, 0.1) is 12.9 Å². The predicted octanol–water partition coefficient (Wildman–Crippen LogP) is 1.80. The topological polar surface area (TPSA) is 38.3 Å². The molecule has 0 saturated carbocycles. The first kappa shape index (κ1) is 12.9. The summed E-state index contributed by atoms with van der Waals surface area (Å²) in [5.74, 6) is 1.06. The Bertz CT molecular complexity index is 366. The minimum absolute atomic E-state index is 0.0581. The number of benzene rings is 1. The zero-order valence-corrected chi connectivity index (χ0v) is 10.5. The van der Waals surface area contributed by atoms with Gasteiger partial charge in [0.1, 0.15) is 5.75 Å². The van der Waals surface area contributed by atoms with E-state index in [1.807, 2.05) is 12.1 Å². The molecule has 0 aromatic heterocycles. The Balaban J connectivity index is 2.71. The van der Waals surface area contributed by atoms with Crippen molar-refractivity contribution in [3.8, 4) is 5.75 Å². The molecule has 4 heteroatoms. The highest BCUT2D eigenvalue weighted by atomic mass is 32.1. The number of hydrogen-bond donors (Lipinski definition) is 2. The number of aryl methyl sites for hydroxylation is 1. The Hall–Kier alpha value is -1.16. The van der Waals surface area contributed by atoms with E-state index >= 15 is 0 Å². The van der Waals surface area contributed by atoms with E-state index in [1.54, 1.807) is 7.11 Å². The minimum Gasteiger partial charge on any atom is -0.496 e. The first-order chi connectivity index (χ1) is 7.71. The van der Waals surface area contributed by atoms with Crippen LogP contribution in [0, 0.1) is 0 Å². The van der Waals surface area contributed by atoms with Crippen molar-refractivity contribution in [3.63, 3.8) is 0 Å². The fourth-order valence-corrected chi connectivity index (χ4v) is 1.59. The van der Waals surface area contributed by atoms with Crippen LogP contribution in [0.4, 0.5) is 0 Å². The number of ether oxygens (including phenoxy) is 1. The lowest BCUT2D eigenvalue weighted by Gasteiger charge is -2.09. The lowest BCUT2D eigenvalue weighted by molar-refractivity contribution is -0.118. The van der Waals surface area contributed by atoms with Gasteiger partial charge < -0.3 is 10.1 Å². The number of hydrogen-bond acceptors (Lipinski definition) is 3. The number of amides is 1. The minimum atomic E-state index is -0.0581. The van der Waals surface area contributed by atoms with E-state index < -0.39 is 0 Å². The zero-order valence-electron chi connectivity index (χ0n) is 9.62. The summed E-state index contributed by atoms with van der Waals surface area (Å²) in [6, 6.07) is 5.94. The largest absolute Gasteiger partial charge is 0.496 e. The molecule has 0 aliphatic heterocycles.